The first-order chi connectivity index (χ1) is 16.6. The molecule has 8 heteroatoms. The van der Waals surface area contributed by atoms with Crippen LogP contribution in [0.1, 0.15) is 35.2 Å². The molecule has 3 aromatic carbocycles. The van der Waals surface area contributed by atoms with E-state index >= 15 is 0 Å². The largest absolute Gasteiger partial charge is 0.497 e. The van der Waals surface area contributed by atoms with Gasteiger partial charge in [-0.15, -0.1) is 0 Å². The topological polar surface area (TPSA) is 84.9 Å². The maximum absolute atomic E-state index is 13.6. The fraction of sp³-hybridized carbons (Fsp3) is 0.296. The Morgan fingerprint density at radius 1 is 0.914 bits per heavy atom. The van der Waals surface area contributed by atoms with E-state index in [0.717, 1.165) is 26.6 Å². The van der Waals surface area contributed by atoms with Crippen molar-refractivity contribution in [1.82, 2.24) is 5.32 Å². The van der Waals surface area contributed by atoms with Crippen molar-refractivity contribution in [3.05, 3.63) is 82.9 Å². The quantitative estimate of drug-likeness (QED) is 0.464. The van der Waals surface area contributed by atoms with Gasteiger partial charge >= 0.3 is 0 Å². The van der Waals surface area contributed by atoms with E-state index in [1.54, 1.807) is 68.8 Å². The molecule has 186 valence electrons. The van der Waals surface area contributed by atoms with Gasteiger partial charge in [0.15, 0.2) is 0 Å². The van der Waals surface area contributed by atoms with Gasteiger partial charge in [0.25, 0.3) is 10.0 Å². The number of aryl methyl sites for hydroxylation is 3. The van der Waals surface area contributed by atoms with Gasteiger partial charge in [0, 0.05) is 5.56 Å². The summed E-state index contributed by atoms with van der Waals surface area (Å²) in [5, 5.41) is 2.90. The molecule has 1 amide bonds. The molecular formula is C27H32N2O5S. The second-order valence-corrected chi connectivity index (χ2v) is 10.4. The Morgan fingerprint density at radius 3 is 2.20 bits per heavy atom. The zero-order valence-electron chi connectivity index (χ0n) is 21.0. The number of methoxy groups -OCH3 is 2. The number of ether oxygens (including phenoxy) is 2. The molecule has 1 N–H and O–H groups in total. The van der Waals surface area contributed by atoms with E-state index in [-0.39, 0.29) is 11.4 Å². The van der Waals surface area contributed by atoms with Crippen LogP contribution in [0.15, 0.2) is 65.6 Å². The van der Waals surface area contributed by atoms with Gasteiger partial charge in [-0.1, -0.05) is 23.8 Å². The van der Waals surface area contributed by atoms with Gasteiger partial charge in [-0.2, -0.15) is 0 Å². The highest BCUT2D eigenvalue weighted by Crippen LogP contribution is 2.30. The average molecular weight is 497 g/mol. The number of carbonyl (C=O) groups is 1. The Labute approximate surface area is 207 Å². The number of nitrogens with one attached hydrogen (secondary N) is 1. The van der Waals surface area contributed by atoms with E-state index in [1.165, 1.54) is 0 Å². The van der Waals surface area contributed by atoms with Crippen LogP contribution in [0, 0.1) is 20.8 Å². The predicted molar refractivity (Wildman–Crippen MR) is 138 cm³/mol. The highest BCUT2D eigenvalue weighted by molar-refractivity contribution is 7.92. The monoisotopic (exact) mass is 496 g/mol. The van der Waals surface area contributed by atoms with E-state index in [9.17, 15) is 13.2 Å². The lowest BCUT2D eigenvalue weighted by atomic mass is 10.1. The molecule has 0 saturated heterocycles. The summed E-state index contributed by atoms with van der Waals surface area (Å²) in [6.07, 6.45) is 0. The van der Waals surface area contributed by atoms with Crippen molar-refractivity contribution < 1.29 is 22.7 Å². The Hall–Kier alpha value is -3.52. The highest BCUT2D eigenvalue weighted by atomic mass is 32.2. The zero-order chi connectivity index (χ0) is 25.8. The van der Waals surface area contributed by atoms with Crippen LogP contribution < -0.4 is 19.1 Å². The van der Waals surface area contributed by atoms with Crippen molar-refractivity contribution in [3.63, 3.8) is 0 Å². The van der Waals surface area contributed by atoms with Crippen molar-refractivity contribution in [2.45, 2.75) is 38.6 Å². The minimum atomic E-state index is -3.99. The second-order valence-electron chi connectivity index (χ2n) is 8.49. The number of benzene rings is 3. The van der Waals surface area contributed by atoms with E-state index in [0.29, 0.717) is 17.2 Å². The summed E-state index contributed by atoms with van der Waals surface area (Å²) in [5.41, 5.74) is 4.06. The molecule has 1 unspecified atom stereocenters. The molecule has 0 saturated carbocycles. The van der Waals surface area contributed by atoms with E-state index in [2.05, 4.69) is 5.32 Å². The average Bonchev–Trinajstić information content (AvgIpc) is 2.84. The summed E-state index contributed by atoms with van der Waals surface area (Å²) in [5.74, 6) is 0.772. The molecule has 7 nitrogen and oxygen atoms in total. The summed E-state index contributed by atoms with van der Waals surface area (Å²) in [4.78, 5) is 13.3. The van der Waals surface area contributed by atoms with E-state index in [4.69, 9.17) is 9.47 Å². The smallest absolute Gasteiger partial charge is 0.264 e. The Morgan fingerprint density at radius 2 is 1.60 bits per heavy atom. The first-order valence-corrected chi connectivity index (χ1v) is 12.7. The normalized spacial score (nSPS) is 12.1. The van der Waals surface area contributed by atoms with Gasteiger partial charge in [-0.25, -0.2) is 8.42 Å². The number of sulfonamides is 1. The van der Waals surface area contributed by atoms with Gasteiger partial charge < -0.3 is 14.8 Å². The van der Waals surface area contributed by atoms with Crippen LogP contribution in [-0.4, -0.2) is 35.1 Å². The van der Waals surface area contributed by atoms with Crippen molar-refractivity contribution >= 4 is 21.6 Å². The van der Waals surface area contributed by atoms with Crippen molar-refractivity contribution in [3.8, 4) is 11.5 Å². The molecule has 0 bridgehead atoms. The SMILES string of the molecule is COc1ccc(OC)c(C(C)NC(=O)CN(c2ccc(C)c(C)c2)S(=O)(=O)c2ccc(C)cc2)c1. The fourth-order valence-electron chi connectivity index (χ4n) is 3.71. The van der Waals surface area contributed by atoms with Gasteiger partial charge in [-0.3, -0.25) is 9.10 Å². The molecule has 0 aromatic heterocycles. The van der Waals surface area contributed by atoms with Crippen LogP contribution in [-0.2, 0) is 14.8 Å². The van der Waals surface area contributed by atoms with Gasteiger partial charge in [-0.05, 0) is 81.3 Å². The predicted octanol–water partition coefficient (Wildman–Crippen LogP) is 4.70. The van der Waals surface area contributed by atoms with Crippen LogP contribution in [0.5, 0.6) is 11.5 Å². The number of rotatable bonds is 9. The van der Waals surface area contributed by atoms with Crippen LogP contribution in [0.3, 0.4) is 0 Å². The zero-order valence-corrected chi connectivity index (χ0v) is 21.8. The highest BCUT2D eigenvalue weighted by Gasteiger charge is 2.28. The van der Waals surface area contributed by atoms with Crippen molar-refractivity contribution in [2.24, 2.45) is 0 Å². The van der Waals surface area contributed by atoms with Crippen molar-refractivity contribution in [2.75, 3.05) is 25.1 Å². The molecule has 0 aliphatic heterocycles. The molecule has 0 aliphatic carbocycles. The van der Waals surface area contributed by atoms with Crippen LogP contribution in [0.25, 0.3) is 0 Å². The number of amides is 1. The fourth-order valence-corrected chi connectivity index (χ4v) is 5.12. The van der Waals surface area contributed by atoms with Crippen LogP contribution >= 0.6 is 0 Å². The molecule has 0 heterocycles. The molecule has 3 rings (SSSR count). The number of carbonyl (C=O) groups excluding carboxylic acids is 1. The summed E-state index contributed by atoms with van der Waals surface area (Å²) in [7, 11) is -0.879. The molecule has 0 fully saturated rings. The van der Waals surface area contributed by atoms with E-state index < -0.39 is 22.0 Å². The lowest BCUT2D eigenvalue weighted by Gasteiger charge is -2.26. The molecule has 3 aromatic rings. The van der Waals surface area contributed by atoms with Crippen LogP contribution in [0.2, 0.25) is 0 Å². The first kappa shape index (κ1) is 26.1. The molecule has 1 atom stereocenters. The number of hydrogen-bond acceptors (Lipinski definition) is 5. The Balaban J connectivity index is 1.94. The number of hydrogen-bond donors (Lipinski definition) is 1. The molecule has 0 aliphatic rings. The Bertz CT molecular complexity index is 1300. The third-order valence-electron chi connectivity index (χ3n) is 5.96. The summed E-state index contributed by atoms with van der Waals surface area (Å²) in [6.45, 7) is 7.18. The molecule has 0 spiro atoms. The second kappa shape index (κ2) is 10.8. The molecule has 0 radical (unpaired) electrons. The minimum absolute atomic E-state index is 0.122. The van der Waals surface area contributed by atoms with E-state index in [1.807, 2.05) is 33.8 Å². The summed E-state index contributed by atoms with van der Waals surface area (Å²) >= 11 is 0. The molecule has 35 heavy (non-hydrogen) atoms. The van der Waals surface area contributed by atoms with Crippen molar-refractivity contribution in [1.29, 1.82) is 0 Å². The standard InChI is InChI=1S/C27H32N2O5S/c1-18-7-12-24(13-8-18)35(31,32)29(22-10-9-19(2)20(3)15-22)17-27(30)28-21(4)25-16-23(33-5)11-14-26(25)34-6/h7-16,21H,17H2,1-6H3,(H,28,30). The third-order valence-corrected chi connectivity index (χ3v) is 7.74. The summed E-state index contributed by atoms with van der Waals surface area (Å²) < 4.78 is 39.1. The lowest BCUT2D eigenvalue weighted by molar-refractivity contribution is -0.120. The molecular weight excluding hydrogens is 464 g/mol. The maximum atomic E-state index is 13.6. The van der Waals surface area contributed by atoms with Crippen LogP contribution in [0.4, 0.5) is 5.69 Å². The third kappa shape index (κ3) is 5.95. The van der Waals surface area contributed by atoms with Gasteiger partial charge in [0.2, 0.25) is 5.91 Å². The number of anilines is 1. The lowest BCUT2D eigenvalue weighted by Crippen LogP contribution is -2.41. The maximum Gasteiger partial charge on any atom is 0.264 e. The first-order valence-electron chi connectivity index (χ1n) is 11.2. The number of nitrogens with zero attached hydrogens (tertiary/aromatic N) is 1. The summed E-state index contributed by atoms with van der Waals surface area (Å²) in [6, 6.07) is 16.8. The van der Waals surface area contributed by atoms with Gasteiger partial charge in [0.1, 0.15) is 18.0 Å². The minimum Gasteiger partial charge on any atom is -0.497 e. The van der Waals surface area contributed by atoms with Gasteiger partial charge in [0.05, 0.1) is 30.8 Å². The Kier molecular flexibility index (Phi) is 8.07.